The number of nitrogens with two attached hydrogens (primary N) is 2. The summed E-state index contributed by atoms with van der Waals surface area (Å²) in [6, 6.07) is 27.8. The zero-order chi connectivity index (χ0) is 28.9. The molecule has 0 saturated heterocycles. The predicted octanol–water partition coefficient (Wildman–Crippen LogP) is 4.71. The van der Waals surface area contributed by atoms with E-state index in [2.05, 4.69) is 24.3 Å². The third kappa shape index (κ3) is 5.78. The van der Waals surface area contributed by atoms with Crippen LogP contribution < -0.4 is 16.4 Å². The van der Waals surface area contributed by atoms with E-state index >= 15 is 0 Å². The van der Waals surface area contributed by atoms with Gasteiger partial charge in [-0.05, 0) is 64.9 Å². The van der Waals surface area contributed by atoms with E-state index in [1.54, 1.807) is 13.0 Å². The fourth-order valence-corrected chi connectivity index (χ4v) is 5.66. The average Bonchev–Trinajstić information content (AvgIpc) is 3.33. The number of hydrogen-bond acceptors (Lipinski definition) is 6. The molecule has 0 spiro atoms. The third-order valence-electron chi connectivity index (χ3n) is 7.92. The van der Waals surface area contributed by atoms with Gasteiger partial charge in [0.25, 0.3) is 0 Å². The Bertz CT molecular complexity index is 1520. The van der Waals surface area contributed by atoms with E-state index in [1.807, 2.05) is 66.9 Å². The summed E-state index contributed by atoms with van der Waals surface area (Å²) in [5.41, 5.74) is 17.4. The first-order chi connectivity index (χ1) is 19.9. The van der Waals surface area contributed by atoms with Crippen LogP contribution >= 0.6 is 0 Å². The van der Waals surface area contributed by atoms with Gasteiger partial charge < -0.3 is 21.1 Å². The molecule has 3 atom stereocenters. The van der Waals surface area contributed by atoms with E-state index in [0.29, 0.717) is 5.69 Å². The van der Waals surface area contributed by atoms with Crippen LogP contribution in [0.2, 0.25) is 0 Å². The number of hydrogen-bond donors (Lipinski definition) is 2. The number of rotatable bonds is 11. The highest BCUT2D eigenvalue weighted by Gasteiger charge is 2.31. The summed E-state index contributed by atoms with van der Waals surface area (Å²) in [5.74, 6) is -1.48. The summed E-state index contributed by atoms with van der Waals surface area (Å²) in [5, 5.41) is 1.96. The summed E-state index contributed by atoms with van der Waals surface area (Å²) in [6.45, 7) is 1.88. The first-order valence-corrected chi connectivity index (χ1v) is 13.9. The van der Waals surface area contributed by atoms with Gasteiger partial charge in [0.15, 0.2) is 0 Å². The molecule has 0 fully saturated rings. The minimum Gasteiger partial charge on any atom is -0.464 e. The lowest BCUT2D eigenvalue weighted by Gasteiger charge is -2.29. The van der Waals surface area contributed by atoms with Crippen molar-refractivity contribution in [3.8, 4) is 11.1 Å². The molecule has 4 N–H and O–H groups in total. The summed E-state index contributed by atoms with van der Waals surface area (Å²) in [6.07, 6.45) is 2.40. The molecule has 0 heterocycles. The highest BCUT2D eigenvalue weighted by Crippen LogP contribution is 2.44. The summed E-state index contributed by atoms with van der Waals surface area (Å²) < 4.78 is 5.79. The molecule has 0 bridgehead atoms. The highest BCUT2D eigenvalue weighted by molar-refractivity contribution is 6.02. The van der Waals surface area contributed by atoms with Gasteiger partial charge in [-0.1, -0.05) is 78.9 Å². The van der Waals surface area contributed by atoms with Crippen LogP contribution in [0.5, 0.6) is 0 Å². The standard InChI is InChI=1S/C34H34N3O4/c1-22(20-38)37(26-16-14-23-8-2-3-9-24(23)18-26)33(39)32(36)17-15-25(19-35)34(40)41-21-31-29-12-6-4-10-27(29)28-11-5-7-13-30(28)31/h2-14,16,18,22,25,31-32H,15,17,19,21,35-36H2,1H3/t22-,25?,32-/m0/s1. The second-order valence-electron chi connectivity index (χ2n) is 10.5. The number of nitrogens with zero attached hydrogens (tertiary/aromatic N) is 1. The van der Waals surface area contributed by atoms with Gasteiger partial charge >= 0.3 is 5.97 Å². The molecule has 4 aromatic rings. The number of carbonyl (C=O) groups excluding carboxylic acids is 3. The van der Waals surface area contributed by atoms with Gasteiger partial charge in [0.1, 0.15) is 12.6 Å². The van der Waals surface area contributed by atoms with Crippen molar-refractivity contribution in [3.05, 3.63) is 102 Å². The van der Waals surface area contributed by atoms with Crippen molar-refractivity contribution in [2.24, 2.45) is 17.4 Å². The number of fused-ring (bicyclic) bond motifs is 4. The molecule has 209 valence electrons. The molecule has 0 aromatic heterocycles. The van der Waals surface area contributed by atoms with Crippen molar-refractivity contribution >= 4 is 34.6 Å². The fraction of sp³-hybridized carbons (Fsp3) is 0.265. The Morgan fingerprint density at radius 1 is 0.878 bits per heavy atom. The lowest BCUT2D eigenvalue weighted by Crippen LogP contribution is -2.49. The van der Waals surface area contributed by atoms with Gasteiger partial charge in [-0.3, -0.25) is 14.4 Å². The monoisotopic (exact) mass is 548 g/mol. The third-order valence-corrected chi connectivity index (χ3v) is 7.92. The fourth-order valence-electron chi connectivity index (χ4n) is 5.66. The first kappa shape index (κ1) is 28.2. The topological polar surface area (TPSA) is 116 Å². The Labute approximate surface area is 240 Å². The molecule has 1 unspecified atom stereocenters. The lowest BCUT2D eigenvalue weighted by atomic mass is 9.97. The van der Waals surface area contributed by atoms with Crippen LogP contribution in [-0.4, -0.2) is 43.4 Å². The van der Waals surface area contributed by atoms with Gasteiger partial charge in [0.05, 0.1) is 12.0 Å². The smallest absolute Gasteiger partial charge is 0.310 e. The molecule has 1 aliphatic rings. The van der Waals surface area contributed by atoms with Gasteiger partial charge in [-0.2, -0.15) is 0 Å². The number of carbonyl (C=O) groups is 2. The number of amides is 1. The molecule has 1 amide bonds. The minimum atomic E-state index is -0.937. The first-order valence-electron chi connectivity index (χ1n) is 13.9. The normalized spacial score (nSPS) is 14.5. The van der Waals surface area contributed by atoms with Crippen LogP contribution in [-0.2, 0) is 19.1 Å². The van der Waals surface area contributed by atoms with Crippen molar-refractivity contribution in [2.75, 3.05) is 18.1 Å². The van der Waals surface area contributed by atoms with Gasteiger partial charge in [0.2, 0.25) is 12.2 Å². The molecule has 7 heteroatoms. The van der Waals surface area contributed by atoms with E-state index in [1.165, 1.54) is 4.90 Å². The maximum Gasteiger partial charge on any atom is 0.310 e. The molecule has 7 nitrogen and oxygen atoms in total. The molecule has 0 saturated carbocycles. The largest absolute Gasteiger partial charge is 0.464 e. The highest BCUT2D eigenvalue weighted by atomic mass is 16.5. The molecule has 4 aromatic carbocycles. The maximum absolute atomic E-state index is 13.5. The Hall–Kier alpha value is -4.33. The second-order valence-corrected chi connectivity index (χ2v) is 10.5. The molecule has 1 aliphatic carbocycles. The maximum atomic E-state index is 13.5. The van der Waals surface area contributed by atoms with Crippen LogP contribution in [0.4, 0.5) is 5.69 Å². The van der Waals surface area contributed by atoms with E-state index in [4.69, 9.17) is 16.2 Å². The second kappa shape index (κ2) is 12.5. The minimum absolute atomic E-state index is 0.0507. The van der Waals surface area contributed by atoms with Crippen LogP contribution in [0.15, 0.2) is 91.0 Å². The zero-order valence-electron chi connectivity index (χ0n) is 23.0. The van der Waals surface area contributed by atoms with Crippen LogP contribution in [0, 0.1) is 5.92 Å². The van der Waals surface area contributed by atoms with Crippen molar-refractivity contribution in [3.63, 3.8) is 0 Å². The number of esters is 1. The molecule has 0 aliphatic heterocycles. The Balaban J connectivity index is 1.23. The van der Waals surface area contributed by atoms with E-state index in [0.717, 1.165) is 33.0 Å². The van der Waals surface area contributed by atoms with Gasteiger partial charge in [-0.15, -0.1) is 0 Å². The van der Waals surface area contributed by atoms with Gasteiger partial charge in [0, 0.05) is 18.2 Å². The molecule has 41 heavy (non-hydrogen) atoms. The molecular formula is C34H34N3O4. The summed E-state index contributed by atoms with van der Waals surface area (Å²) in [7, 11) is 0. The van der Waals surface area contributed by atoms with Crippen LogP contribution in [0.3, 0.4) is 0 Å². The quantitative estimate of drug-likeness (QED) is 0.262. The number of benzene rings is 4. The van der Waals surface area contributed by atoms with Crippen molar-refractivity contribution in [1.82, 2.24) is 0 Å². The Kier molecular flexibility index (Phi) is 8.57. The van der Waals surface area contributed by atoms with Crippen molar-refractivity contribution in [2.45, 2.75) is 37.8 Å². The SMILES string of the molecule is C[C@@H]([C]=O)N(C(=O)[C@@H](N)CCC(CN)C(=O)OCC1c2ccccc2-c2ccccc21)c1ccc2ccccc2c1. The van der Waals surface area contributed by atoms with E-state index < -0.39 is 29.9 Å². The van der Waals surface area contributed by atoms with Crippen molar-refractivity contribution < 1.29 is 19.1 Å². The molecule has 1 radical (unpaired) electrons. The predicted molar refractivity (Wildman–Crippen MR) is 161 cm³/mol. The van der Waals surface area contributed by atoms with Crippen LogP contribution in [0.1, 0.15) is 36.8 Å². The summed E-state index contributed by atoms with van der Waals surface area (Å²) in [4.78, 5) is 39.5. The van der Waals surface area contributed by atoms with E-state index in [-0.39, 0.29) is 31.9 Å². The van der Waals surface area contributed by atoms with Crippen LogP contribution in [0.25, 0.3) is 21.9 Å². The summed E-state index contributed by atoms with van der Waals surface area (Å²) >= 11 is 0. The molecular weight excluding hydrogens is 514 g/mol. The lowest BCUT2D eigenvalue weighted by molar-refractivity contribution is -0.148. The average molecular weight is 549 g/mol. The zero-order valence-corrected chi connectivity index (χ0v) is 23.0. The Morgan fingerprint density at radius 3 is 2.12 bits per heavy atom. The van der Waals surface area contributed by atoms with E-state index in [9.17, 15) is 14.4 Å². The number of anilines is 1. The van der Waals surface area contributed by atoms with Gasteiger partial charge in [-0.25, -0.2) is 0 Å². The van der Waals surface area contributed by atoms with Crippen molar-refractivity contribution in [1.29, 1.82) is 0 Å². The Morgan fingerprint density at radius 2 is 1.49 bits per heavy atom. The number of ether oxygens (including phenoxy) is 1. The molecule has 5 rings (SSSR count).